The minimum Gasteiger partial charge on any atom is -0.490 e. The molecule has 1 aliphatic heterocycles. The van der Waals surface area contributed by atoms with Crippen molar-refractivity contribution in [2.45, 2.75) is 70.1 Å². The van der Waals surface area contributed by atoms with Crippen LogP contribution in [-0.2, 0) is 11.3 Å². The largest absolute Gasteiger partial charge is 0.490 e. The first kappa shape index (κ1) is 16.3. The molecule has 0 bridgehead atoms. The molecular formula is C19H27NO3. The van der Waals surface area contributed by atoms with E-state index in [1.54, 1.807) is 0 Å². The Morgan fingerprint density at radius 1 is 1.09 bits per heavy atom. The van der Waals surface area contributed by atoms with E-state index in [-0.39, 0.29) is 12.5 Å². The van der Waals surface area contributed by atoms with Crippen molar-refractivity contribution in [1.29, 1.82) is 0 Å². The molecule has 0 radical (unpaired) electrons. The van der Waals surface area contributed by atoms with Gasteiger partial charge in [-0.15, -0.1) is 0 Å². The monoisotopic (exact) mass is 317 g/mol. The predicted octanol–water partition coefficient (Wildman–Crippen LogP) is 3.84. The fourth-order valence-corrected chi connectivity index (χ4v) is 3.81. The first-order valence-electron chi connectivity index (χ1n) is 8.92. The van der Waals surface area contributed by atoms with Crippen LogP contribution in [0.4, 0.5) is 0 Å². The number of nitrogens with zero attached hydrogens (tertiary/aromatic N) is 1. The summed E-state index contributed by atoms with van der Waals surface area (Å²) in [6.07, 6.45) is 8.85. The summed E-state index contributed by atoms with van der Waals surface area (Å²) in [5.74, 6) is 0.267. The SMILES string of the molecule is O=C(O)C[C@H]1CCCCN1Cc1ccc(OC2CCCC2)cc1. The fraction of sp³-hybridized carbons (Fsp3) is 0.632. The van der Waals surface area contributed by atoms with E-state index >= 15 is 0 Å². The van der Waals surface area contributed by atoms with Gasteiger partial charge in [0.15, 0.2) is 0 Å². The lowest BCUT2D eigenvalue weighted by Crippen LogP contribution is -2.40. The van der Waals surface area contributed by atoms with E-state index in [1.807, 2.05) is 0 Å². The number of carbonyl (C=O) groups is 1. The number of carboxylic acid groups (broad SMARTS) is 1. The molecule has 1 aliphatic carbocycles. The summed E-state index contributed by atoms with van der Waals surface area (Å²) in [5.41, 5.74) is 1.24. The smallest absolute Gasteiger partial charge is 0.304 e. The molecule has 4 heteroatoms. The van der Waals surface area contributed by atoms with E-state index in [0.717, 1.165) is 31.7 Å². The number of aliphatic carboxylic acids is 1. The third-order valence-corrected chi connectivity index (χ3v) is 5.07. The van der Waals surface area contributed by atoms with Gasteiger partial charge in [0.1, 0.15) is 5.75 Å². The van der Waals surface area contributed by atoms with E-state index in [1.165, 1.54) is 37.7 Å². The van der Waals surface area contributed by atoms with Gasteiger partial charge in [-0.2, -0.15) is 0 Å². The van der Waals surface area contributed by atoms with Crippen molar-refractivity contribution < 1.29 is 14.6 Å². The van der Waals surface area contributed by atoms with Gasteiger partial charge in [-0.1, -0.05) is 18.6 Å². The van der Waals surface area contributed by atoms with E-state index in [4.69, 9.17) is 9.84 Å². The second-order valence-electron chi connectivity index (χ2n) is 6.89. The molecule has 3 rings (SSSR count). The second-order valence-corrected chi connectivity index (χ2v) is 6.89. The Balaban J connectivity index is 1.56. The van der Waals surface area contributed by atoms with Crippen LogP contribution in [-0.4, -0.2) is 34.7 Å². The van der Waals surface area contributed by atoms with E-state index < -0.39 is 5.97 Å². The standard InChI is InChI=1S/C19H27NO3/c21-19(22)13-16-5-3-4-12-20(16)14-15-8-10-18(11-9-15)23-17-6-1-2-7-17/h8-11,16-17H,1-7,12-14H2,(H,21,22)/t16-/m1/s1. The van der Waals surface area contributed by atoms with Crippen molar-refractivity contribution in [3.63, 3.8) is 0 Å². The zero-order valence-electron chi connectivity index (χ0n) is 13.7. The molecule has 4 nitrogen and oxygen atoms in total. The highest BCUT2D eigenvalue weighted by Gasteiger charge is 2.24. The summed E-state index contributed by atoms with van der Waals surface area (Å²) in [7, 11) is 0. The summed E-state index contributed by atoms with van der Waals surface area (Å²) in [5, 5.41) is 9.08. The van der Waals surface area contributed by atoms with E-state index in [0.29, 0.717) is 6.10 Å². The second kappa shape index (κ2) is 7.82. The first-order valence-corrected chi connectivity index (χ1v) is 8.92. The summed E-state index contributed by atoms with van der Waals surface area (Å²) in [6, 6.07) is 8.54. The van der Waals surface area contributed by atoms with Crippen molar-refractivity contribution in [3.8, 4) is 5.75 Å². The summed E-state index contributed by atoms with van der Waals surface area (Å²) in [4.78, 5) is 13.4. The van der Waals surface area contributed by atoms with Crippen molar-refractivity contribution in [1.82, 2.24) is 4.90 Å². The third kappa shape index (κ3) is 4.71. The number of ether oxygens (including phenoxy) is 1. The highest BCUT2D eigenvalue weighted by Crippen LogP contribution is 2.26. The zero-order valence-corrected chi connectivity index (χ0v) is 13.7. The number of benzene rings is 1. The van der Waals surface area contributed by atoms with Gasteiger partial charge in [0.25, 0.3) is 0 Å². The van der Waals surface area contributed by atoms with Crippen LogP contribution in [0.25, 0.3) is 0 Å². The highest BCUT2D eigenvalue weighted by molar-refractivity contribution is 5.67. The lowest BCUT2D eigenvalue weighted by molar-refractivity contribution is -0.138. The molecule has 0 unspecified atom stereocenters. The normalized spacial score (nSPS) is 23.0. The number of piperidine rings is 1. The predicted molar refractivity (Wildman–Crippen MR) is 89.6 cm³/mol. The first-order chi connectivity index (χ1) is 11.2. The van der Waals surface area contributed by atoms with Gasteiger partial charge in [-0.05, 0) is 62.8 Å². The van der Waals surface area contributed by atoms with Gasteiger partial charge in [0.05, 0.1) is 12.5 Å². The summed E-state index contributed by atoms with van der Waals surface area (Å²) >= 11 is 0. The lowest BCUT2D eigenvalue weighted by Gasteiger charge is -2.35. The molecule has 1 aromatic rings. The van der Waals surface area contributed by atoms with Crippen molar-refractivity contribution in [2.75, 3.05) is 6.54 Å². The number of hydrogen-bond acceptors (Lipinski definition) is 3. The molecule has 1 atom stereocenters. The maximum absolute atomic E-state index is 11.0. The molecule has 1 heterocycles. The number of carboxylic acids is 1. The molecule has 126 valence electrons. The van der Waals surface area contributed by atoms with Gasteiger partial charge in [0, 0.05) is 12.6 Å². The molecular weight excluding hydrogens is 290 g/mol. The lowest BCUT2D eigenvalue weighted by atomic mass is 9.98. The Morgan fingerprint density at radius 2 is 1.78 bits per heavy atom. The number of rotatable bonds is 6. The van der Waals surface area contributed by atoms with Crippen LogP contribution in [0.1, 0.15) is 56.9 Å². The highest BCUT2D eigenvalue weighted by atomic mass is 16.5. The van der Waals surface area contributed by atoms with Crippen LogP contribution in [0.15, 0.2) is 24.3 Å². The van der Waals surface area contributed by atoms with Gasteiger partial charge >= 0.3 is 5.97 Å². The molecule has 0 amide bonds. The maximum atomic E-state index is 11.0. The number of likely N-dealkylation sites (tertiary alicyclic amines) is 1. The molecule has 23 heavy (non-hydrogen) atoms. The van der Waals surface area contributed by atoms with Crippen LogP contribution >= 0.6 is 0 Å². The van der Waals surface area contributed by atoms with E-state index in [9.17, 15) is 4.79 Å². The quantitative estimate of drug-likeness (QED) is 0.866. The molecule has 0 aromatic heterocycles. The van der Waals surface area contributed by atoms with E-state index in [2.05, 4.69) is 29.2 Å². The molecule has 1 aromatic carbocycles. The van der Waals surface area contributed by atoms with Crippen LogP contribution in [0.3, 0.4) is 0 Å². The van der Waals surface area contributed by atoms with Crippen molar-refractivity contribution in [3.05, 3.63) is 29.8 Å². The molecule has 0 spiro atoms. The van der Waals surface area contributed by atoms with Gasteiger partial charge in [0.2, 0.25) is 0 Å². The zero-order chi connectivity index (χ0) is 16.1. The molecule has 2 aliphatic rings. The van der Waals surface area contributed by atoms with Crippen LogP contribution < -0.4 is 4.74 Å². The summed E-state index contributed by atoms with van der Waals surface area (Å²) < 4.78 is 6.00. The van der Waals surface area contributed by atoms with Crippen LogP contribution in [0, 0.1) is 0 Å². The Morgan fingerprint density at radius 3 is 2.48 bits per heavy atom. The van der Waals surface area contributed by atoms with Gasteiger partial charge in [-0.3, -0.25) is 9.69 Å². The molecule has 1 saturated heterocycles. The molecule has 1 N–H and O–H groups in total. The van der Waals surface area contributed by atoms with Crippen LogP contribution in [0.2, 0.25) is 0 Å². The Hall–Kier alpha value is -1.55. The van der Waals surface area contributed by atoms with Crippen LogP contribution in [0.5, 0.6) is 5.75 Å². The minimum absolute atomic E-state index is 0.177. The Kier molecular flexibility index (Phi) is 5.55. The third-order valence-electron chi connectivity index (χ3n) is 5.07. The topological polar surface area (TPSA) is 49.8 Å². The Labute approximate surface area is 138 Å². The Bertz CT molecular complexity index is 508. The van der Waals surface area contributed by atoms with Crippen molar-refractivity contribution in [2.24, 2.45) is 0 Å². The van der Waals surface area contributed by atoms with Gasteiger partial charge in [-0.25, -0.2) is 0 Å². The maximum Gasteiger partial charge on any atom is 0.304 e. The fourth-order valence-electron chi connectivity index (χ4n) is 3.81. The van der Waals surface area contributed by atoms with Gasteiger partial charge < -0.3 is 9.84 Å². The molecule has 2 fully saturated rings. The number of hydrogen-bond donors (Lipinski definition) is 1. The average Bonchev–Trinajstić information content (AvgIpc) is 3.04. The summed E-state index contributed by atoms with van der Waals surface area (Å²) in [6.45, 7) is 1.83. The average molecular weight is 317 g/mol. The molecule has 1 saturated carbocycles. The minimum atomic E-state index is -0.692. The van der Waals surface area contributed by atoms with Crippen molar-refractivity contribution >= 4 is 5.97 Å².